The van der Waals surface area contributed by atoms with Crippen molar-refractivity contribution in [1.82, 2.24) is 14.9 Å². The van der Waals surface area contributed by atoms with E-state index in [2.05, 4.69) is 50.9 Å². The number of hydrogen-bond donors (Lipinski definition) is 1. The maximum atomic E-state index is 4.90. The van der Waals surface area contributed by atoms with Crippen LogP contribution in [0.1, 0.15) is 32.0 Å². The molecule has 3 rings (SSSR count). The topological polar surface area (TPSA) is 29.9 Å². The minimum Gasteiger partial charge on any atom is -0.328 e. The Balaban J connectivity index is 1.93. The largest absolute Gasteiger partial charge is 0.328 e. The first kappa shape index (κ1) is 14.1. The lowest BCUT2D eigenvalue weighted by molar-refractivity contribution is 0.363. The van der Waals surface area contributed by atoms with Crippen molar-refractivity contribution < 1.29 is 0 Å². The molecule has 2 aromatic rings. The van der Waals surface area contributed by atoms with E-state index in [1.807, 2.05) is 0 Å². The minimum atomic E-state index is 0.784. The van der Waals surface area contributed by atoms with Gasteiger partial charge in [-0.3, -0.25) is 0 Å². The molecule has 1 aromatic heterocycles. The summed E-state index contributed by atoms with van der Waals surface area (Å²) in [6.07, 6.45) is 4.83. The molecule has 0 spiro atoms. The number of rotatable bonds is 4. The zero-order valence-electron chi connectivity index (χ0n) is 12.0. The number of fused-ring (bicyclic) bond motifs is 1. The van der Waals surface area contributed by atoms with Gasteiger partial charge in [0.15, 0.2) is 0 Å². The highest BCUT2D eigenvalue weighted by atomic mass is 79.9. The lowest BCUT2D eigenvalue weighted by Crippen LogP contribution is -2.29. The fourth-order valence-electron chi connectivity index (χ4n) is 3.13. The summed E-state index contributed by atoms with van der Waals surface area (Å²) in [7, 11) is 0. The Bertz CT molecular complexity index is 585. The van der Waals surface area contributed by atoms with Crippen molar-refractivity contribution in [2.45, 2.75) is 39.2 Å². The summed E-state index contributed by atoms with van der Waals surface area (Å²) in [6, 6.07) is 6.44. The van der Waals surface area contributed by atoms with Crippen molar-refractivity contribution in [2.75, 3.05) is 13.1 Å². The SMILES string of the molecule is CCCn1c(CC2CCNCC2)nc2cc(Br)ccc21. The standard InChI is InChI=1S/C16H22BrN3/c1-2-9-20-15-4-3-13(17)11-14(15)19-16(20)10-12-5-7-18-8-6-12/h3-4,11-12,18H,2,5-10H2,1H3. The zero-order valence-corrected chi connectivity index (χ0v) is 13.6. The van der Waals surface area contributed by atoms with Crippen LogP contribution in [0.4, 0.5) is 0 Å². The van der Waals surface area contributed by atoms with Crippen molar-refractivity contribution in [1.29, 1.82) is 0 Å². The Morgan fingerprint density at radius 3 is 2.90 bits per heavy atom. The molecule has 0 atom stereocenters. The highest BCUT2D eigenvalue weighted by Gasteiger charge is 2.18. The predicted octanol–water partition coefficient (Wildman–Crippen LogP) is 3.75. The van der Waals surface area contributed by atoms with Crippen LogP contribution in [-0.2, 0) is 13.0 Å². The van der Waals surface area contributed by atoms with Gasteiger partial charge in [0.05, 0.1) is 11.0 Å². The van der Waals surface area contributed by atoms with Crippen LogP contribution in [0.25, 0.3) is 11.0 Å². The van der Waals surface area contributed by atoms with Crippen LogP contribution < -0.4 is 5.32 Å². The Hall–Kier alpha value is -0.870. The molecule has 1 N–H and O–H groups in total. The summed E-state index contributed by atoms with van der Waals surface area (Å²) in [5, 5.41) is 3.44. The molecule has 0 unspecified atom stereocenters. The molecule has 1 aromatic carbocycles. The van der Waals surface area contributed by atoms with Gasteiger partial charge in [-0.05, 0) is 56.5 Å². The first-order valence-corrected chi connectivity index (χ1v) is 8.42. The Morgan fingerprint density at radius 2 is 2.15 bits per heavy atom. The fraction of sp³-hybridized carbons (Fsp3) is 0.562. The first-order valence-electron chi connectivity index (χ1n) is 7.63. The van der Waals surface area contributed by atoms with Crippen molar-refractivity contribution in [3.8, 4) is 0 Å². The van der Waals surface area contributed by atoms with E-state index in [0.717, 1.165) is 48.4 Å². The molecule has 1 aliphatic heterocycles. The molecular weight excluding hydrogens is 314 g/mol. The van der Waals surface area contributed by atoms with Gasteiger partial charge >= 0.3 is 0 Å². The van der Waals surface area contributed by atoms with Gasteiger partial charge in [-0.25, -0.2) is 4.98 Å². The smallest absolute Gasteiger partial charge is 0.110 e. The van der Waals surface area contributed by atoms with Crippen molar-refractivity contribution in [3.63, 3.8) is 0 Å². The Morgan fingerprint density at radius 1 is 1.35 bits per heavy atom. The summed E-state index contributed by atoms with van der Waals surface area (Å²) in [5.74, 6) is 2.05. The van der Waals surface area contributed by atoms with E-state index < -0.39 is 0 Å². The predicted molar refractivity (Wildman–Crippen MR) is 87.0 cm³/mol. The van der Waals surface area contributed by atoms with Crippen LogP contribution >= 0.6 is 15.9 Å². The van der Waals surface area contributed by atoms with E-state index in [1.54, 1.807) is 0 Å². The monoisotopic (exact) mass is 335 g/mol. The summed E-state index contributed by atoms with van der Waals surface area (Å²) in [6.45, 7) is 5.62. The highest BCUT2D eigenvalue weighted by Crippen LogP contribution is 2.24. The van der Waals surface area contributed by atoms with Crippen LogP contribution in [-0.4, -0.2) is 22.6 Å². The number of nitrogens with one attached hydrogen (secondary N) is 1. The van der Waals surface area contributed by atoms with Gasteiger partial charge < -0.3 is 9.88 Å². The van der Waals surface area contributed by atoms with Gasteiger partial charge in [0.25, 0.3) is 0 Å². The quantitative estimate of drug-likeness (QED) is 0.922. The number of piperidine rings is 1. The van der Waals surface area contributed by atoms with E-state index in [4.69, 9.17) is 4.98 Å². The molecule has 1 saturated heterocycles. The number of hydrogen-bond acceptors (Lipinski definition) is 2. The number of benzene rings is 1. The molecule has 4 heteroatoms. The molecule has 108 valence electrons. The third-order valence-electron chi connectivity index (χ3n) is 4.17. The average molecular weight is 336 g/mol. The Labute approximate surface area is 128 Å². The second kappa shape index (κ2) is 6.27. The molecule has 0 amide bonds. The average Bonchev–Trinajstić information content (AvgIpc) is 2.77. The normalized spacial score (nSPS) is 16.9. The van der Waals surface area contributed by atoms with E-state index in [9.17, 15) is 0 Å². The van der Waals surface area contributed by atoms with E-state index in [0.29, 0.717) is 0 Å². The number of nitrogens with zero attached hydrogens (tertiary/aromatic N) is 2. The van der Waals surface area contributed by atoms with Gasteiger partial charge in [0, 0.05) is 17.4 Å². The van der Waals surface area contributed by atoms with Crippen LogP contribution in [0.2, 0.25) is 0 Å². The molecule has 0 radical (unpaired) electrons. The molecule has 3 nitrogen and oxygen atoms in total. The summed E-state index contributed by atoms with van der Waals surface area (Å²) >= 11 is 3.55. The van der Waals surface area contributed by atoms with E-state index in [-0.39, 0.29) is 0 Å². The van der Waals surface area contributed by atoms with Crippen LogP contribution in [0.15, 0.2) is 22.7 Å². The summed E-state index contributed by atoms with van der Waals surface area (Å²) in [5.41, 5.74) is 2.40. The molecule has 0 aliphatic carbocycles. The van der Waals surface area contributed by atoms with Gasteiger partial charge in [-0.2, -0.15) is 0 Å². The maximum absolute atomic E-state index is 4.90. The lowest BCUT2D eigenvalue weighted by atomic mass is 9.94. The number of aryl methyl sites for hydroxylation is 1. The van der Waals surface area contributed by atoms with Gasteiger partial charge in [0.2, 0.25) is 0 Å². The summed E-state index contributed by atoms with van der Waals surface area (Å²) in [4.78, 5) is 4.90. The molecule has 1 aliphatic rings. The van der Waals surface area contributed by atoms with Crippen molar-refractivity contribution in [3.05, 3.63) is 28.5 Å². The van der Waals surface area contributed by atoms with Gasteiger partial charge in [0.1, 0.15) is 5.82 Å². The highest BCUT2D eigenvalue weighted by molar-refractivity contribution is 9.10. The van der Waals surface area contributed by atoms with E-state index in [1.165, 1.54) is 24.2 Å². The molecule has 0 bridgehead atoms. The first-order chi connectivity index (χ1) is 9.78. The lowest BCUT2D eigenvalue weighted by Gasteiger charge is -2.22. The number of imidazole rings is 1. The molecule has 20 heavy (non-hydrogen) atoms. The van der Waals surface area contributed by atoms with Crippen LogP contribution in [0.3, 0.4) is 0 Å². The second-order valence-corrected chi connectivity index (χ2v) is 6.63. The number of aromatic nitrogens is 2. The third-order valence-corrected chi connectivity index (χ3v) is 4.66. The maximum Gasteiger partial charge on any atom is 0.110 e. The second-order valence-electron chi connectivity index (χ2n) is 5.71. The number of halogens is 1. The molecule has 1 fully saturated rings. The Kier molecular flexibility index (Phi) is 4.41. The fourth-order valence-corrected chi connectivity index (χ4v) is 3.47. The van der Waals surface area contributed by atoms with E-state index >= 15 is 0 Å². The molecular formula is C16H22BrN3. The van der Waals surface area contributed by atoms with Crippen LogP contribution in [0.5, 0.6) is 0 Å². The van der Waals surface area contributed by atoms with Crippen molar-refractivity contribution >= 4 is 27.0 Å². The summed E-state index contributed by atoms with van der Waals surface area (Å²) < 4.78 is 3.53. The molecule has 2 heterocycles. The zero-order chi connectivity index (χ0) is 13.9. The molecule has 0 saturated carbocycles. The van der Waals surface area contributed by atoms with Gasteiger partial charge in [-0.1, -0.05) is 22.9 Å². The van der Waals surface area contributed by atoms with Gasteiger partial charge in [-0.15, -0.1) is 0 Å². The van der Waals surface area contributed by atoms with Crippen LogP contribution in [0, 0.1) is 5.92 Å². The third kappa shape index (κ3) is 2.91. The van der Waals surface area contributed by atoms with Crippen molar-refractivity contribution in [2.24, 2.45) is 5.92 Å². The minimum absolute atomic E-state index is 0.784.